The number of furan rings is 1. The van der Waals surface area contributed by atoms with Gasteiger partial charge in [-0.3, -0.25) is 0 Å². The van der Waals surface area contributed by atoms with Gasteiger partial charge in [-0.1, -0.05) is 42.5 Å². The quantitative estimate of drug-likeness (QED) is 0.446. The smallest absolute Gasteiger partial charge is 0.450 e. The molecule has 0 unspecified atom stereocenters. The normalized spacial score (nSPS) is 11.4. The van der Waals surface area contributed by atoms with Gasteiger partial charge in [0.15, 0.2) is 0 Å². The molecule has 1 heterocycles. The molecule has 3 rings (SSSR count). The van der Waals surface area contributed by atoms with Crippen LogP contribution in [0.25, 0.3) is 11.1 Å². The zero-order valence-electron chi connectivity index (χ0n) is 14.1. The fraction of sp³-hybridized carbons (Fsp3) is 0.150. The second-order valence-corrected chi connectivity index (χ2v) is 5.76. The third-order valence-corrected chi connectivity index (χ3v) is 3.97. The summed E-state index contributed by atoms with van der Waals surface area (Å²) in [6, 6.07) is 13.4. The van der Waals surface area contributed by atoms with Gasteiger partial charge in [0.1, 0.15) is 17.1 Å². The molecule has 0 atom stereocenters. The maximum Gasteiger partial charge on any atom is 0.450 e. The SMILES string of the molecule is COC(=O)c1c(C(F)(F)F)oc(Cc2ccc(F)cc2)c1-c1ccccc1. The molecule has 0 aliphatic carbocycles. The molecule has 27 heavy (non-hydrogen) atoms. The first-order valence-electron chi connectivity index (χ1n) is 7.92. The fourth-order valence-electron chi connectivity index (χ4n) is 2.80. The van der Waals surface area contributed by atoms with E-state index in [9.17, 15) is 22.4 Å². The molecule has 0 aliphatic heterocycles. The maximum atomic E-state index is 13.5. The van der Waals surface area contributed by atoms with Crippen LogP contribution in [0.5, 0.6) is 0 Å². The van der Waals surface area contributed by atoms with E-state index in [1.807, 2.05) is 0 Å². The average molecular weight is 378 g/mol. The highest BCUT2D eigenvalue weighted by molar-refractivity contribution is 5.99. The predicted octanol–water partition coefficient (Wildman–Crippen LogP) is 5.48. The Bertz CT molecular complexity index is 942. The lowest BCUT2D eigenvalue weighted by atomic mass is 9.97. The second kappa shape index (κ2) is 7.26. The van der Waals surface area contributed by atoms with Gasteiger partial charge in [0.25, 0.3) is 0 Å². The summed E-state index contributed by atoms with van der Waals surface area (Å²) >= 11 is 0. The Hall–Kier alpha value is -3.09. The van der Waals surface area contributed by atoms with E-state index in [0.29, 0.717) is 11.1 Å². The third kappa shape index (κ3) is 3.86. The standard InChI is InChI=1S/C20H14F4O3/c1-26-19(25)17-16(13-5-3-2-4-6-13)15(27-18(17)20(22,23)24)11-12-7-9-14(21)10-8-12/h2-10H,11H2,1H3. The van der Waals surface area contributed by atoms with Gasteiger partial charge in [-0.15, -0.1) is 0 Å². The number of benzene rings is 2. The summed E-state index contributed by atoms with van der Waals surface area (Å²) < 4.78 is 63.3. The van der Waals surface area contributed by atoms with Crippen molar-refractivity contribution in [2.24, 2.45) is 0 Å². The molecular formula is C20H14F4O3. The number of halogens is 4. The van der Waals surface area contributed by atoms with Crippen LogP contribution in [0.1, 0.15) is 27.4 Å². The molecule has 0 bridgehead atoms. The van der Waals surface area contributed by atoms with Gasteiger partial charge >= 0.3 is 12.1 Å². The lowest BCUT2D eigenvalue weighted by Crippen LogP contribution is -2.12. The van der Waals surface area contributed by atoms with Gasteiger partial charge < -0.3 is 9.15 Å². The Morgan fingerprint density at radius 1 is 1.04 bits per heavy atom. The van der Waals surface area contributed by atoms with Gasteiger partial charge in [-0.05, 0) is 23.3 Å². The highest BCUT2D eigenvalue weighted by atomic mass is 19.4. The first-order valence-corrected chi connectivity index (χ1v) is 7.92. The van der Waals surface area contributed by atoms with E-state index in [2.05, 4.69) is 4.74 Å². The highest BCUT2D eigenvalue weighted by Gasteiger charge is 2.43. The Balaban J connectivity index is 2.23. The van der Waals surface area contributed by atoms with Crippen LogP contribution in [0.15, 0.2) is 59.0 Å². The van der Waals surface area contributed by atoms with Gasteiger partial charge in [0, 0.05) is 12.0 Å². The monoisotopic (exact) mass is 378 g/mol. The van der Waals surface area contributed by atoms with E-state index in [1.165, 1.54) is 24.3 Å². The molecule has 3 nitrogen and oxygen atoms in total. The summed E-state index contributed by atoms with van der Waals surface area (Å²) in [6.45, 7) is 0. The molecule has 0 aliphatic rings. The van der Waals surface area contributed by atoms with Gasteiger partial charge in [-0.2, -0.15) is 13.2 Å². The van der Waals surface area contributed by atoms with Crippen LogP contribution in [-0.4, -0.2) is 13.1 Å². The van der Waals surface area contributed by atoms with Crippen molar-refractivity contribution in [1.29, 1.82) is 0 Å². The summed E-state index contributed by atoms with van der Waals surface area (Å²) in [4.78, 5) is 12.2. The van der Waals surface area contributed by atoms with Gasteiger partial charge in [-0.25, -0.2) is 9.18 Å². The van der Waals surface area contributed by atoms with E-state index >= 15 is 0 Å². The summed E-state index contributed by atoms with van der Waals surface area (Å²) in [6.07, 6.45) is -4.93. The second-order valence-electron chi connectivity index (χ2n) is 5.76. The first kappa shape index (κ1) is 18.7. The first-order chi connectivity index (χ1) is 12.8. The number of rotatable bonds is 4. The minimum Gasteiger partial charge on any atom is -0.465 e. The molecule has 7 heteroatoms. The Morgan fingerprint density at radius 2 is 1.67 bits per heavy atom. The Kier molecular flexibility index (Phi) is 5.03. The number of ether oxygens (including phenoxy) is 1. The van der Waals surface area contributed by atoms with Gasteiger partial charge in [0.05, 0.1) is 7.11 Å². The minimum atomic E-state index is -4.88. The number of hydrogen-bond acceptors (Lipinski definition) is 3. The van der Waals surface area contributed by atoms with Crippen molar-refractivity contribution in [3.05, 3.63) is 83.1 Å². The van der Waals surface area contributed by atoms with Crippen LogP contribution in [0.4, 0.5) is 17.6 Å². The number of carbonyl (C=O) groups is 1. The van der Waals surface area contributed by atoms with Crippen molar-refractivity contribution >= 4 is 5.97 Å². The van der Waals surface area contributed by atoms with Crippen molar-refractivity contribution in [2.45, 2.75) is 12.6 Å². The summed E-state index contributed by atoms with van der Waals surface area (Å²) in [7, 11) is 1.00. The Morgan fingerprint density at radius 3 is 2.22 bits per heavy atom. The topological polar surface area (TPSA) is 39.4 Å². The Labute approximate surface area is 152 Å². The van der Waals surface area contributed by atoms with Crippen molar-refractivity contribution in [3.8, 4) is 11.1 Å². The highest BCUT2D eigenvalue weighted by Crippen LogP contribution is 2.42. The van der Waals surface area contributed by atoms with Crippen LogP contribution in [0.2, 0.25) is 0 Å². The lowest BCUT2D eigenvalue weighted by molar-refractivity contribution is -0.153. The van der Waals surface area contributed by atoms with Crippen LogP contribution >= 0.6 is 0 Å². The van der Waals surface area contributed by atoms with Crippen LogP contribution in [0, 0.1) is 5.82 Å². The minimum absolute atomic E-state index is 0.0131. The average Bonchev–Trinajstić information content (AvgIpc) is 3.03. The van der Waals surface area contributed by atoms with E-state index < -0.39 is 29.3 Å². The molecule has 0 saturated heterocycles. The van der Waals surface area contributed by atoms with E-state index in [1.54, 1.807) is 30.3 Å². The fourth-order valence-corrected chi connectivity index (χ4v) is 2.80. The number of alkyl halides is 3. The van der Waals surface area contributed by atoms with E-state index in [0.717, 1.165) is 7.11 Å². The summed E-state index contributed by atoms with van der Waals surface area (Å²) in [5, 5.41) is 0. The van der Waals surface area contributed by atoms with Crippen molar-refractivity contribution in [1.82, 2.24) is 0 Å². The molecule has 0 radical (unpaired) electrons. The molecule has 2 aromatic carbocycles. The van der Waals surface area contributed by atoms with Crippen molar-refractivity contribution in [3.63, 3.8) is 0 Å². The molecule has 0 saturated carbocycles. The molecule has 0 amide bonds. The largest absolute Gasteiger partial charge is 0.465 e. The molecule has 140 valence electrons. The summed E-state index contributed by atoms with van der Waals surface area (Å²) in [5.74, 6) is -3.08. The maximum absolute atomic E-state index is 13.5. The predicted molar refractivity (Wildman–Crippen MR) is 89.7 cm³/mol. The number of methoxy groups -OCH3 is 1. The molecular weight excluding hydrogens is 364 g/mol. The van der Waals surface area contributed by atoms with E-state index in [4.69, 9.17) is 4.42 Å². The molecule has 0 N–H and O–H groups in total. The molecule has 3 aromatic rings. The number of carbonyl (C=O) groups excluding carboxylic acids is 1. The molecule has 0 fully saturated rings. The van der Waals surface area contributed by atoms with E-state index in [-0.39, 0.29) is 17.7 Å². The summed E-state index contributed by atoms with van der Waals surface area (Å²) in [5.41, 5.74) is 0.258. The van der Waals surface area contributed by atoms with Crippen LogP contribution < -0.4 is 0 Å². The van der Waals surface area contributed by atoms with Crippen LogP contribution in [0.3, 0.4) is 0 Å². The van der Waals surface area contributed by atoms with Gasteiger partial charge in [0.2, 0.25) is 5.76 Å². The number of esters is 1. The zero-order chi connectivity index (χ0) is 19.6. The lowest BCUT2D eigenvalue weighted by Gasteiger charge is -2.07. The van der Waals surface area contributed by atoms with Crippen molar-refractivity contribution in [2.75, 3.05) is 7.11 Å². The third-order valence-electron chi connectivity index (χ3n) is 3.97. The van der Waals surface area contributed by atoms with Crippen molar-refractivity contribution < 1.29 is 31.5 Å². The zero-order valence-corrected chi connectivity index (χ0v) is 14.1. The molecule has 0 spiro atoms. The number of hydrogen-bond donors (Lipinski definition) is 0. The molecule has 1 aromatic heterocycles. The van der Waals surface area contributed by atoms with Crippen LogP contribution in [-0.2, 0) is 17.3 Å².